The Morgan fingerprint density at radius 1 is 0.941 bits per heavy atom. The molecule has 0 bridgehead atoms. The van der Waals surface area contributed by atoms with Gasteiger partial charge in [-0.1, -0.05) is 54.6 Å². The third kappa shape index (κ3) is 4.64. The molecule has 0 saturated carbocycles. The number of hydrogen-bond donors (Lipinski definition) is 2. The average Bonchev–Trinajstić information content (AvgIpc) is 3.16. The van der Waals surface area contributed by atoms with E-state index in [1.807, 2.05) is 24.3 Å². The summed E-state index contributed by atoms with van der Waals surface area (Å²) in [5.74, 6) is -1.33. The van der Waals surface area contributed by atoms with Crippen LogP contribution in [0.4, 0.5) is 10.5 Å². The smallest absolute Gasteiger partial charge is 0.411 e. The molecule has 0 aliphatic heterocycles. The summed E-state index contributed by atoms with van der Waals surface area (Å²) in [6.07, 6.45) is -0.743. The second-order valence-corrected chi connectivity index (χ2v) is 8.30. The molecule has 3 aromatic rings. The fourth-order valence-corrected chi connectivity index (χ4v) is 4.32. The summed E-state index contributed by atoms with van der Waals surface area (Å²) >= 11 is 0. The first-order chi connectivity index (χ1) is 16.4. The molecule has 2 N–H and O–H groups in total. The number of aliphatic carboxylic acids is 1. The SMILES string of the molecule is Cc1c(NC(=O)OCC2c3ccccc3-c3ccccc32)cccc1C(=O)N(C)CCC(=O)O. The number of nitrogens with one attached hydrogen (secondary N) is 1. The number of anilines is 1. The van der Waals surface area contributed by atoms with Gasteiger partial charge in [0.2, 0.25) is 0 Å². The molecule has 0 radical (unpaired) electrons. The number of ether oxygens (including phenoxy) is 1. The Bertz CT molecular complexity index is 1210. The topological polar surface area (TPSA) is 95.9 Å². The number of carboxylic acid groups (broad SMARTS) is 1. The molecule has 1 aliphatic carbocycles. The van der Waals surface area contributed by atoms with E-state index in [1.54, 1.807) is 32.2 Å². The molecule has 0 unspecified atom stereocenters. The molecule has 0 aromatic heterocycles. The summed E-state index contributed by atoms with van der Waals surface area (Å²) in [6.45, 7) is 2.02. The summed E-state index contributed by atoms with van der Waals surface area (Å²) in [5, 5.41) is 11.6. The Labute approximate surface area is 198 Å². The van der Waals surface area contributed by atoms with E-state index in [9.17, 15) is 14.4 Å². The van der Waals surface area contributed by atoms with Crippen LogP contribution >= 0.6 is 0 Å². The van der Waals surface area contributed by atoms with Gasteiger partial charge in [0, 0.05) is 30.8 Å². The first-order valence-corrected chi connectivity index (χ1v) is 11.1. The molecule has 2 amide bonds. The van der Waals surface area contributed by atoms with Crippen molar-refractivity contribution < 1.29 is 24.2 Å². The minimum Gasteiger partial charge on any atom is -0.481 e. The normalized spacial score (nSPS) is 11.9. The summed E-state index contributed by atoms with van der Waals surface area (Å²) in [4.78, 5) is 37.5. The second-order valence-electron chi connectivity index (χ2n) is 8.30. The third-order valence-electron chi connectivity index (χ3n) is 6.15. The Kier molecular flexibility index (Phi) is 6.63. The molecule has 7 nitrogen and oxygen atoms in total. The van der Waals surface area contributed by atoms with Crippen LogP contribution in [0.15, 0.2) is 66.7 Å². The van der Waals surface area contributed by atoms with Crippen molar-refractivity contribution in [1.29, 1.82) is 0 Å². The molecule has 0 atom stereocenters. The number of nitrogens with zero attached hydrogens (tertiary/aromatic N) is 1. The molecule has 174 valence electrons. The van der Waals surface area contributed by atoms with Crippen LogP contribution in [-0.2, 0) is 9.53 Å². The molecule has 0 spiro atoms. The number of fused-ring (bicyclic) bond motifs is 3. The zero-order valence-corrected chi connectivity index (χ0v) is 19.1. The van der Waals surface area contributed by atoms with E-state index in [2.05, 4.69) is 29.6 Å². The van der Waals surface area contributed by atoms with Crippen molar-refractivity contribution in [3.05, 3.63) is 89.0 Å². The molecule has 3 aromatic carbocycles. The summed E-state index contributed by atoms with van der Waals surface area (Å²) in [6, 6.07) is 21.3. The summed E-state index contributed by atoms with van der Waals surface area (Å²) in [5.41, 5.74) is 6.01. The second kappa shape index (κ2) is 9.79. The number of rotatable bonds is 7. The Balaban J connectivity index is 1.44. The van der Waals surface area contributed by atoms with E-state index in [-0.39, 0.29) is 31.4 Å². The Hall–Kier alpha value is -4.13. The van der Waals surface area contributed by atoms with Crippen molar-refractivity contribution in [3.63, 3.8) is 0 Å². The van der Waals surface area contributed by atoms with Crippen LogP contribution in [0.25, 0.3) is 11.1 Å². The van der Waals surface area contributed by atoms with Gasteiger partial charge in [-0.3, -0.25) is 14.9 Å². The minimum atomic E-state index is -0.970. The predicted molar refractivity (Wildman–Crippen MR) is 129 cm³/mol. The highest BCUT2D eigenvalue weighted by molar-refractivity contribution is 5.98. The van der Waals surface area contributed by atoms with Gasteiger partial charge in [-0.15, -0.1) is 0 Å². The van der Waals surface area contributed by atoms with E-state index in [4.69, 9.17) is 9.84 Å². The highest BCUT2D eigenvalue weighted by atomic mass is 16.5. The van der Waals surface area contributed by atoms with Crippen LogP contribution in [0.5, 0.6) is 0 Å². The lowest BCUT2D eigenvalue weighted by Crippen LogP contribution is -2.29. The monoisotopic (exact) mass is 458 g/mol. The first-order valence-electron chi connectivity index (χ1n) is 11.1. The number of carboxylic acids is 1. The maximum absolute atomic E-state index is 12.7. The first kappa shape index (κ1) is 23.0. The van der Waals surface area contributed by atoms with Gasteiger partial charge in [-0.05, 0) is 46.9 Å². The lowest BCUT2D eigenvalue weighted by molar-refractivity contribution is -0.137. The van der Waals surface area contributed by atoms with Gasteiger partial charge in [-0.2, -0.15) is 0 Å². The number of hydrogen-bond acceptors (Lipinski definition) is 4. The van der Waals surface area contributed by atoms with Crippen molar-refractivity contribution in [3.8, 4) is 11.1 Å². The predicted octanol–water partition coefficient (Wildman–Crippen LogP) is 4.90. The van der Waals surface area contributed by atoms with E-state index in [0.717, 1.165) is 22.3 Å². The quantitative estimate of drug-likeness (QED) is 0.525. The Morgan fingerprint density at radius 3 is 2.18 bits per heavy atom. The number of amides is 2. The van der Waals surface area contributed by atoms with Gasteiger partial charge < -0.3 is 14.7 Å². The molecule has 4 rings (SSSR count). The van der Waals surface area contributed by atoms with Crippen molar-refractivity contribution in [2.24, 2.45) is 0 Å². The van der Waals surface area contributed by atoms with Gasteiger partial charge >= 0.3 is 12.1 Å². The van der Waals surface area contributed by atoms with Crippen LogP contribution in [0.1, 0.15) is 39.4 Å². The Morgan fingerprint density at radius 2 is 1.56 bits per heavy atom. The van der Waals surface area contributed by atoms with Crippen LogP contribution in [-0.4, -0.2) is 48.2 Å². The van der Waals surface area contributed by atoms with E-state index in [0.29, 0.717) is 16.8 Å². The highest BCUT2D eigenvalue weighted by Gasteiger charge is 2.29. The van der Waals surface area contributed by atoms with Gasteiger partial charge in [0.05, 0.1) is 6.42 Å². The number of carbonyl (C=O) groups excluding carboxylic acids is 2. The van der Waals surface area contributed by atoms with Crippen molar-refractivity contribution in [2.45, 2.75) is 19.3 Å². The molecule has 1 aliphatic rings. The third-order valence-corrected chi connectivity index (χ3v) is 6.15. The molecule has 0 fully saturated rings. The van der Waals surface area contributed by atoms with Crippen LogP contribution < -0.4 is 5.32 Å². The van der Waals surface area contributed by atoms with E-state index >= 15 is 0 Å². The van der Waals surface area contributed by atoms with Crippen LogP contribution in [0.2, 0.25) is 0 Å². The van der Waals surface area contributed by atoms with Crippen molar-refractivity contribution in [1.82, 2.24) is 4.90 Å². The van der Waals surface area contributed by atoms with Crippen molar-refractivity contribution in [2.75, 3.05) is 25.5 Å². The number of benzene rings is 3. The van der Waals surface area contributed by atoms with E-state index in [1.165, 1.54) is 4.90 Å². The maximum Gasteiger partial charge on any atom is 0.411 e. The zero-order valence-electron chi connectivity index (χ0n) is 19.1. The standard InChI is InChI=1S/C27H26N2O5/c1-17-18(26(32)29(2)15-14-25(30)31)12-7-13-24(17)28-27(33)34-16-23-21-10-5-3-8-19(21)20-9-4-6-11-22(20)23/h3-13,23H,14-16H2,1-2H3,(H,28,33)(H,30,31). The van der Waals surface area contributed by atoms with Crippen LogP contribution in [0, 0.1) is 6.92 Å². The van der Waals surface area contributed by atoms with Crippen molar-refractivity contribution >= 4 is 23.7 Å². The fourth-order valence-electron chi connectivity index (χ4n) is 4.32. The minimum absolute atomic E-state index is 0.0463. The molecule has 0 saturated heterocycles. The summed E-state index contributed by atoms with van der Waals surface area (Å²) in [7, 11) is 1.55. The largest absolute Gasteiger partial charge is 0.481 e. The van der Waals surface area contributed by atoms with E-state index < -0.39 is 12.1 Å². The van der Waals surface area contributed by atoms with Gasteiger partial charge in [0.25, 0.3) is 5.91 Å². The zero-order chi connectivity index (χ0) is 24.2. The highest BCUT2D eigenvalue weighted by Crippen LogP contribution is 2.44. The van der Waals surface area contributed by atoms with Gasteiger partial charge in [0.15, 0.2) is 0 Å². The average molecular weight is 459 g/mol. The molecular formula is C27H26N2O5. The van der Waals surface area contributed by atoms with Crippen LogP contribution in [0.3, 0.4) is 0 Å². The lowest BCUT2D eigenvalue weighted by atomic mass is 9.98. The lowest BCUT2D eigenvalue weighted by Gasteiger charge is -2.19. The van der Waals surface area contributed by atoms with Gasteiger partial charge in [-0.25, -0.2) is 4.79 Å². The molecule has 7 heteroatoms. The molecule has 0 heterocycles. The molecular weight excluding hydrogens is 432 g/mol. The summed E-state index contributed by atoms with van der Waals surface area (Å²) < 4.78 is 5.60. The molecule has 34 heavy (non-hydrogen) atoms. The fraction of sp³-hybridized carbons (Fsp3) is 0.222. The van der Waals surface area contributed by atoms with Gasteiger partial charge in [0.1, 0.15) is 6.61 Å². The maximum atomic E-state index is 12.7. The number of carbonyl (C=O) groups is 3.